The summed E-state index contributed by atoms with van der Waals surface area (Å²) in [7, 11) is 1.87. The van der Waals surface area contributed by atoms with Gasteiger partial charge in [-0.3, -0.25) is 4.79 Å². The topological polar surface area (TPSA) is 76.7 Å². The van der Waals surface area contributed by atoms with E-state index in [1.165, 1.54) is 11.8 Å². The summed E-state index contributed by atoms with van der Waals surface area (Å²) in [4.78, 5) is 16.9. The van der Waals surface area contributed by atoms with Crippen LogP contribution in [-0.2, 0) is 7.05 Å². The van der Waals surface area contributed by atoms with Crippen LogP contribution in [-0.4, -0.2) is 25.5 Å². The molecule has 2 aromatic carbocycles. The van der Waals surface area contributed by atoms with E-state index >= 15 is 0 Å². The quantitative estimate of drug-likeness (QED) is 0.302. The number of aromatic nitrogens is 4. The average molecular weight is 414 g/mol. The van der Waals surface area contributed by atoms with Gasteiger partial charge in [0.1, 0.15) is 5.25 Å². The van der Waals surface area contributed by atoms with Crippen LogP contribution in [0.5, 0.6) is 0 Å². The van der Waals surface area contributed by atoms with Crippen LogP contribution in [0.2, 0.25) is 0 Å². The van der Waals surface area contributed by atoms with E-state index in [2.05, 4.69) is 15.2 Å². The second-order valence-electron chi connectivity index (χ2n) is 6.86. The molecule has 30 heavy (non-hydrogen) atoms. The number of hydrogen-bond donors (Lipinski definition) is 1. The average Bonchev–Trinajstić information content (AvgIpc) is 3.52. The number of fused-ring (bicyclic) bond motifs is 1. The Balaban J connectivity index is 1.55. The van der Waals surface area contributed by atoms with Crippen molar-refractivity contribution in [1.82, 2.24) is 19.7 Å². The highest BCUT2D eigenvalue weighted by Crippen LogP contribution is 2.39. The first-order chi connectivity index (χ1) is 14.7. The molecule has 0 saturated heterocycles. The minimum atomic E-state index is -0.460. The summed E-state index contributed by atoms with van der Waals surface area (Å²) in [6.45, 7) is 0. The van der Waals surface area contributed by atoms with Gasteiger partial charge in [0.2, 0.25) is 0 Å². The molecule has 7 heteroatoms. The van der Waals surface area contributed by atoms with E-state index in [9.17, 15) is 4.79 Å². The zero-order valence-electron chi connectivity index (χ0n) is 16.1. The Labute approximate surface area is 176 Å². The molecular formula is C23H18N4O2S. The number of para-hydroxylation sites is 1. The fourth-order valence-corrected chi connectivity index (χ4v) is 4.53. The maximum absolute atomic E-state index is 13.7. The van der Waals surface area contributed by atoms with Gasteiger partial charge < -0.3 is 14.0 Å². The van der Waals surface area contributed by atoms with Crippen molar-refractivity contribution < 1.29 is 9.21 Å². The maximum atomic E-state index is 13.7. The van der Waals surface area contributed by atoms with Gasteiger partial charge >= 0.3 is 0 Å². The number of rotatable bonds is 6. The molecule has 148 valence electrons. The number of carbonyl (C=O) groups is 1. The number of benzene rings is 2. The maximum Gasteiger partial charge on any atom is 0.200 e. The number of carbonyl (C=O) groups excluding carboxylic acids is 1. The lowest BCUT2D eigenvalue weighted by atomic mass is 10.0. The van der Waals surface area contributed by atoms with Crippen molar-refractivity contribution in [3.8, 4) is 11.6 Å². The molecule has 1 atom stereocenters. The molecule has 0 fully saturated rings. The fraction of sp³-hybridized carbons (Fsp3) is 0.0870. The SMILES string of the molecule is Cn1c(SC(C(=O)c2c[nH]c3ccccc23)c2ccccc2)nnc1-c1ccco1. The van der Waals surface area contributed by atoms with Crippen LogP contribution >= 0.6 is 11.8 Å². The summed E-state index contributed by atoms with van der Waals surface area (Å²) in [6.07, 6.45) is 3.39. The monoisotopic (exact) mass is 414 g/mol. The summed E-state index contributed by atoms with van der Waals surface area (Å²) < 4.78 is 7.30. The lowest BCUT2D eigenvalue weighted by Crippen LogP contribution is -2.11. The van der Waals surface area contributed by atoms with Crippen molar-refractivity contribution in [2.45, 2.75) is 10.4 Å². The van der Waals surface area contributed by atoms with E-state index in [1.54, 1.807) is 12.5 Å². The number of aromatic amines is 1. The lowest BCUT2D eigenvalue weighted by molar-refractivity contribution is 0.0991. The molecule has 5 aromatic rings. The van der Waals surface area contributed by atoms with E-state index in [-0.39, 0.29) is 5.78 Å². The summed E-state index contributed by atoms with van der Waals surface area (Å²) in [5, 5.41) is 9.67. The first kappa shape index (κ1) is 18.4. The van der Waals surface area contributed by atoms with Crippen LogP contribution in [0.1, 0.15) is 21.2 Å². The predicted octanol–water partition coefficient (Wildman–Crippen LogP) is 5.27. The van der Waals surface area contributed by atoms with Crippen molar-refractivity contribution in [2.24, 2.45) is 7.05 Å². The largest absolute Gasteiger partial charge is 0.461 e. The van der Waals surface area contributed by atoms with Crippen LogP contribution in [0.3, 0.4) is 0 Å². The first-order valence-electron chi connectivity index (χ1n) is 9.47. The van der Waals surface area contributed by atoms with Crippen molar-refractivity contribution in [2.75, 3.05) is 0 Å². The summed E-state index contributed by atoms with van der Waals surface area (Å²) in [6, 6.07) is 21.2. The number of ketones is 1. The molecule has 0 aliphatic rings. The van der Waals surface area contributed by atoms with Crippen molar-refractivity contribution in [3.05, 3.63) is 90.3 Å². The summed E-state index contributed by atoms with van der Waals surface area (Å²) >= 11 is 1.39. The predicted molar refractivity (Wildman–Crippen MR) is 116 cm³/mol. The van der Waals surface area contributed by atoms with Crippen LogP contribution in [0.4, 0.5) is 0 Å². The summed E-state index contributed by atoms with van der Waals surface area (Å²) in [5.74, 6) is 1.27. The van der Waals surface area contributed by atoms with Crippen LogP contribution in [0.25, 0.3) is 22.5 Å². The van der Waals surface area contributed by atoms with Crippen LogP contribution in [0, 0.1) is 0 Å². The zero-order chi connectivity index (χ0) is 20.5. The number of furan rings is 1. The normalized spacial score (nSPS) is 12.3. The van der Waals surface area contributed by atoms with E-state index in [4.69, 9.17) is 4.42 Å². The lowest BCUT2D eigenvalue weighted by Gasteiger charge is -2.15. The number of thioether (sulfide) groups is 1. The van der Waals surface area contributed by atoms with Gasteiger partial charge in [-0.15, -0.1) is 10.2 Å². The smallest absolute Gasteiger partial charge is 0.200 e. The number of hydrogen-bond acceptors (Lipinski definition) is 5. The third-order valence-corrected chi connectivity index (χ3v) is 6.28. The fourth-order valence-electron chi connectivity index (χ4n) is 3.46. The Morgan fingerprint density at radius 2 is 1.83 bits per heavy atom. The molecule has 6 nitrogen and oxygen atoms in total. The standard InChI is InChI=1S/C23H18N4O2S/c1-27-22(19-12-7-13-29-19)25-26-23(27)30-21(15-8-3-2-4-9-15)20(28)17-14-24-18-11-6-5-10-16(17)18/h2-14,21,24H,1H3. The first-order valence-corrected chi connectivity index (χ1v) is 10.4. The molecule has 1 N–H and O–H groups in total. The molecule has 0 saturated carbocycles. The van der Waals surface area contributed by atoms with Gasteiger partial charge in [0, 0.05) is 29.7 Å². The van der Waals surface area contributed by atoms with Crippen molar-refractivity contribution in [1.29, 1.82) is 0 Å². The molecule has 0 amide bonds. The Hall–Kier alpha value is -3.58. The van der Waals surface area contributed by atoms with Crippen LogP contribution in [0.15, 0.2) is 88.8 Å². The van der Waals surface area contributed by atoms with E-state index in [1.807, 2.05) is 78.3 Å². The molecule has 0 radical (unpaired) electrons. The Morgan fingerprint density at radius 3 is 2.63 bits per heavy atom. The molecule has 0 spiro atoms. The van der Waals surface area contributed by atoms with Gasteiger partial charge in [0.25, 0.3) is 0 Å². The summed E-state index contributed by atoms with van der Waals surface area (Å²) in [5.41, 5.74) is 2.53. The second-order valence-corrected chi connectivity index (χ2v) is 7.94. The van der Waals surface area contributed by atoms with Crippen LogP contribution < -0.4 is 0 Å². The number of H-pyrrole nitrogens is 1. The molecule has 0 aliphatic carbocycles. The van der Waals surface area contributed by atoms with Crippen molar-refractivity contribution in [3.63, 3.8) is 0 Å². The van der Waals surface area contributed by atoms with Gasteiger partial charge in [0.05, 0.1) is 6.26 Å². The Kier molecular flexibility index (Phi) is 4.72. The van der Waals surface area contributed by atoms with Gasteiger partial charge in [0.15, 0.2) is 22.5 Å². The third-order valence-electron chi connectivity index (χ3n) is 4.99. The number of nitrogens with one attached hydrogen (secondary N) is 1. The van der Waals surface area contributed by atoms with Gasteiger partial charge in [-0.25, -0.2) is 0 Å². The van der Waals surface area contributed by atoms with Crippen molar-refractivity contribution >= 4 is 28.4 Å². The second kappa shape index (κ2) is 7.68. The van der Waals surface area contributed by atoms with E-state index in [0.717, 1.165) is 16.5 Å². The molecule has 0 bridgehead atoms. The van der Waals surface area contributed by atoms with E-state index < -0.39 is 5.25 Å². The number of Topliss-reactive ketones (excluding diaryl/α,β-unsaturated/α-hetero) is 1. The molecular weight excluding hydrogens is 396 g/mol. The Morgan fingerprint density at radius 1 is 1.03 bits per heavy atom. The van der Waals surface area contributed by atoms with Gasteiger partial charge in [-0.05, 0) is 23.8 Å². The molecule has 3 aromatic heterocycles. The third kappa shape index (κ3) is 3.23. The van der Waals surface area contributed by atoms with E-state index in [0.29, 0.717) is 22.3 Å². The number of nitrogens with zero attached hydrogens (tertiary/aromatic N) is 3. The van der Waals surface area contributed by atoms with Gasteiger partial charge in [-0.1, -0.05) is 60.3 Å². The minimum Gasteiger partial charge on any atom is -0.461 e. The molecule has 3 heterocycles. The van der Waals surface area contributed by atoms with Gasteiger partial charge in [-0.2, -0.15) is 0 Å². The Bertz CT molecular complexity index is 1310. The minimum absolute atomic E-state index is 0.0196. The highest BCUT2D eigenvalue weighted by atomic mass is 32.2. The highest BCUT2D eigenvalue weighted by molar-refractivity contribution is 8.00. The molecule has 0 aliphatic heterocycles. The molecule has 5 rings (SSSR count). The molecule has 1 unspecified atom stereocenters. The highest BCUT2D eigenvalue weighted by Gasteiger charge is 2.28. The zero-order valence-corrected chi connectivity index (χ0v) is 17.0.